The van der Waals surface area contributed by atoms with Crippen LogP contribution < -0.4 is 0 Å². The average molecular weight is 1010 g/mol. The molecule has 0 aliphatic rings. The van der Waals surface area contributed by atoms with Gasteiger partial charge in [-0.25, -0.2) is 0 Å². The molecule has 317 valence electrons. The van der Waals surface area contributed by atoms with Crippen LogP contribution in [0.15, 0.2) is 173 Å². The van der Waals surface area contributed by atoms with Crippen molar-refractivity contribution in [3.05, 3.63) is 198 Å². The second-order valence-electron chi connectivity index (χ2n) is 16.6. The summed E-state index contributed by atoms with van der Waals surface area (Å²) in [6, 6.07) is 59.8. The molecular weight excluding hydrogens is 963 g/mol. The number of hydrogen-bond acceptors (Lipinski definition) is 4. The zero-order valence-electron chi connectivity index (χ0n) is 39.2. The minimum atomic E-state index is -2.09. The Morgan fingerprint density at radius 2 is 1.31 bits per heavy atom. The van der Waals surface area contributed by atoms with Crippen molar-refractivity contribution in [2.75, 3.05) is 0 Å². The minimum Gasteiger partial charge on any atom is -0.500 e. The standard InChI is InChI=1S/C46H37N2O2.C12H10N.Ir/c1-27(2)35-23-32(30-15-8-6-9-16-30)24-36(28(3)4)43(35)48-40-22-13-12-21-39(40)47-46(48)34-20-14-19-33-38-25-37-29(5)44(31-17-10-7-11-18-31)49-41(37)26-42(38)50-45(33)34;1-10-7-8-12(13-9-10)11-5-3-2-4-6-11;/h6-19,21-28H,1-5H3;2-5,7-9H,1H3;/q2*-1;/i;1D3;. The van der Waals surface area contributed by atoms with E-state index in [1.165, 1.54) is 34.1 Å². The van der Waals surface area contributed by atoms with Crippen LogP contribution >= 0.6 is 0 Å². The van der Waals surface area contributed by atoms with Crippen LogP contribution in [0.25, 0.3) is 94.7 Å². The summed E-state index contributed by atoms with van der Waals surface area (Å²) in [5.41, 5.74) is 15.4. The van der Waals surface area contributed by atoms with Crippen LogP contribution in [-0.4, -0.2) is 14.5 Å². The molecule has 5 nitrogen and oxygen atoms in total. The second kappa shape index (κ2) is 17.7. The van der Waals surface area contributed by atoms with E-state index in [9.17, 15) is 0 Å². The number of rotatable bonds is 7. The van der Waals surface area contributed by atoms with Crippen LogP contribution in [0.1, 0.15) is 65.9 Å². The molecule has 11 rings (SSSR count). The van der Waals surface area contributed by atoms with Gasteiger partial charge >= 0.3 is 0 Å². The number of para-hydroxylation sites is 2. The first-order valence-electron chi connectivity index (χ1n) is 22.9. The predicted octanol–water partition coefficient (Wildman–Crippen LogP) is 15.9. The molecular formula is C58H47IrN3O2-2. The van der Waals surface area contributed by atoms with Gasteiger partial charge in [-0.3, -0.25) is 4.98 Å². The Hall–Kier alpha value is -6.85. The largest absolute Gasteiger partial charge is 0.500 e. The van der Waals surface area contributed by atoms with Crippen LogP contribution in [0.5, 0.6) is 0 Å². The molecule has 0 amide bonds. The van der Waals surface area contributed by atoms with Gasteiger partial charge in [-0.1, -0.05) is 124 Å². The second-order valence-corrected chi connectivity index (χ2v) is 16.6. The molecule has 0 aliphatic heterocycles. The molecule has 6 heteroatoms. The monoisotopic (exact) mass is 1010 g/mol. The molecule has 0 saturated carbocycles. The first kappa shape index (κ1) is 38.8. The van der Waals surface area contributed by atoms with Crippen LogP contribution in [0.4, 0.5) is 0 Å². The van der Waals surface area contributed by atoms with Gasteiger partial charge in [0.15, 0.2) is 0 Å². The van der Waals surface area contributed by atoms with Crippen molar-refractivity contribution in [3.8, 4) is 50.8 Å². The van der Waals surface area contributed by atoms with E-state index in [1.807, 2.05) is 48.5 Å². The quantitative estimate of drug-likeness (QED) is 0.149. The summed E-state index contributed by atoms with van der Waals surface area (Å²) in [5, 5.41) is 3.16. The van der Waals surface area contributed by atoms with Crippen molar-refractivity contribution in [3.63, 3.8) is 0 Å². The molecule has 7 aromatic carbocycles. The number of benzene rings is 7. The molecule has 0 atom stereocenters. The summed E-state index contributed by atoms with van der Waals surface area (Å²) in [4.78, 5) is 9.44. The maximum atomic E-state index is 7.23. The Morgan fingerprint density at radius 3 is 1.98 bits per heavy atom. The third-order valence-corrected chi connectivity index (χ3v) is 11.8. The number of aromatic nitrogens is 3. The van der Waals surface area contributed by atoms with Crippen molar-refractivity contribution >= 4 is 43.9 Å². The Bertz CT molecular complexity index is 3490. The Morgan fingerprint density at radius 1 is 0.625 bits per heavy atom. The van der Waals surface area contributed by atoms with Gasteiger partial charge in [0, 0.05) is 64.1 Å². The first-order valence-corrected chi connectivity index (χ1v) is 21.4. The fraction of sp³-hybridized carbons (Fsp3) is 0.138. The van der Waals surface area contributed by atoms with E-state index in [2.05, 4.69) is 147 Å². The summed E-state index contributed by atoms with van der Waals surface area (Å²) in [6.07, 6.45) is 1.39. The summed E-state index contributed by atoms with van der Waals surface area (Å²) in [5.74, 6) is 2.25. The molecule has 64 heavy (non-hydrogen) atoms. The van der Waals surface area contributed by atoms with E-state index < -0.39 is 6.85 Å². The zero-order chi connectivity index (χ0) is 45.7. The van der Waals surface area contributed by atoms with Crippen molar-refractivity contribution in [2.24, 2.45) is 0 Å². The summed E-state index contributed by atoms with van der Waals surface area (Å²) >= 11 is 0. The third-order valence-electron chi connectivity index (χ3n) is 11.8. The number of furan rings is 2. The Balaban J connectivity index is 0.000000281. The van der Waals surface area contributed by atoms with Crippen molar-refractivity contribution in [2.45, 2.75) is 53.3 Å². The maximum Gasteiger partial charge on any atom is 0.138 e. The number of aryl methyl sites for hydroxylation is 2. The number of hydrogen-bond donors (Lipinski definition) is 0. The number of pyridine rings is 1. The normalized spacial score (nSPS) is 12.3. The summed E-state index contributed by atoms with van der Waals surface area (Å²) < 4.78 is 37.3. The van der Waals surface area contributed by atoms with E-state index in [4.69, 9.17) is 17.9 Å². The van der Waals surface area contributed by atoms with Gasteiger partial charge in [0.1, 0.15) is 16.9 Å². The minimum absolute atomic E-state index is 0. The third kappa shape index (κ3) is 7.78. The fourth-order valence-corrected chi connectivity index (χ4v) is 8.63. The molecule has 11 aromatic rings. The van der Waals surface area contributed by atoms with Gasteiger partial charge in [-0.05, 0) is 89.5 Å². The molecule has 4 heterocycles. The van der Waals surface area contributed by atoms with E-state index in [0.29, 0.717) is 0 Å². The van der Waals surface area contributed by atoms with Gasteiger partial charge < -0.3 is 18.4 Å². The van der Waals surface area contributed by atoms with Gasteiger partial charge in [-0.2, -0.15) is 0 Å². The number of imidazole rings is 1. The summed E-state index contributed by atoms with van der Waals surface area (Å²) in [7, 11) is 0. The van der Waals surface area contributed by atoms with Gasteiger partial charge in [0.25, 0.3) is 0 Å². The maximum absolute atomic E-state index is 7.23. The fourth-order valence-electron chi connectivity index (χ4n) is 8.63. The Labute approximate surface area is 392 Å². The van der Waals surface area contributed by atoms with Crippen LogP contribution in [-0.2, 0) is 20.1 Å². The molecule has 0 fully saturated rings. The summed E-state index contributed by atoms with van der Waals surface area (Å²) in [6.45, 7) is 9.16. The Kier molecular flexibility index (Phi) is 10.7. The van der Waals surface area contributed by atoms with Crippen molar-refractivity contribution in [1.82, 2.24) is 14.5 Å². The molecule has 4 aromatic heterocycles. The molecule has 1 radical (unpaired) electrons. The van der Waals surface area contributed by atoms with E-state index in [1.54, 1.807) is 18.2 Å². The first-order chi connectivity index (χ1) is 31.9. The number of fused-ring (bicyclic) bond motifs is 5. The van der Waals surface area contributed by atoms with Crippen molar-refractivity contribution < 1.29 is 33.1 Å². The van der Waals surface area contributed by atoms with Gasteiger partial charge in [0.2, 0.25) is 0 Å². The molecule has 0 unspecified atom stereocenters. The van der Waals surface area contributed by atoms with Crippen LogP contribution in [0.3, 0.4) is 0 Å². The molecule has 0 N–H and O–H groups in total. The van der Waals surface area contributed by atoms with Crippen molar-refractivity contribution in [1.29, 1.82) is 0 Å². The molecule has 0 spiro atoms. The zero-order valence-corrected chi connectivity index (χ0v) is 38.6. The predicted molar refractivity (Wildman–Crippen MR) is 259 cm³/mol. The number of nitrogens with zero attached hydrogens (tertiary/aromatic N) is 3. The molecule has 0 aliphatic carbocycles. The molecule has 0 saturated heterocycles. The average Bonchev–Trinajstić information content (AvgIpc) is 4.01. The van der Waals surface area contributed by atoms with Crippen LogP contribution in [0, 0.1) is 25.9 Å². The van der Waals surface area contributed by atoms with E-state index >= 15 is 0 Å². The van der Waals surface area contributed by atoms with E-state index in [0.717, 1.165) is 83.5 Å². The van der Waals surface area contributed by atoms with E-state index in [-0.39, 0.29) is 37.5 Å². The molecule has 0 bridgehead atoms. The topological polar surface area (TPSA) is 57.0 Å². The van der Waals surface area contributed by atoms with Gasteiger partial charge in [-0.15, -0.1) is 54.1 Å². The van der Waals surface area contributed by atoms with Gasteiger partial charge in [0.05, 0.1) is 22.4 Å². The SMILES string of the molecule is Cc1c(-c2ccccc2)oc2cc3oc4c(-c5nc6ccccc6n5-c5c(C(C)C)cc(-c6ccccc6)cc5C(C)C)[c-]ccc4c3cc12.[2H]C([2H])([2H])c1ccc(-c2[c-]cccc2)nc1.[Ir]. The van der Waals surface area contributed by atoms with Crippen LogP contribution in [0.2, 0.25) is 0 Å². The smallest absolute Gasteiger partial charge is 0.138 e.